The molecule has 0 spiro atoms. The lowest BCUT2D eigenvalue weighted by Crippen LogP contribution is -2.12. The number of esters is 1. The predicted octanol–water partition coefficient (Wildman–Crippen LogP) is 5.00. The number of carbonyl (C=O) groups excluding carboxylic acids is 1. The number of carboxylic acid groups (broad SMARTS) is 1. The van der Waals surface area contributed by atoms with Crippen LogP contribution in [0, 0.1) is 17.1 Å². The van der Waals surface area contributed by atoms with Gasteiger partial charge in [0.15, 0.2) is 23.9 Å². The molecule has 0 aliphatic carbocycles. The molecule has 0 saturated heterocycles. The molecular weight excluding hydrogens is 573 g/mol. The van der Waals surface area contributed by atoms with Crippen molar-refractivity contribution in [1.29, 1.82) is 5.26 Å². The van der Waals surface area contributed by atoms with Gasteiger partial charge in [0.05, 0.1) is 40.8 Å². The van der Waals surface area contributed by atoms with Gasteiger partial charge in [0, 0.05) is 16.8 Å². The molecule has 188 valence electrons. The highest BCUT2D eigenvalue weighted by atomic mass is 79.9. The molecular formula is C24H16BrClFN5O5. The molecule has 10 nitrogen and oxygen atoms in total. The quantitative estimate of drug-likeness (QED) is 0.267. The molecule has 0 atom stereocenters. The van der Waals surface area contributed by atoms with Crippen LogP contribution in [0.25, 0.3) is 11.0 Å². The van der Waals surface area contributed by atoms with E-state index >= 15 is 4.39 Å². The molecule has 2 aromatic heterocycles. The lowest BCUT2D eigenvalue weighted by Gasteiger charge is -2.12. The Balaban J connectivity index is 1.60. The number of aliphatic carboxylic acids is 1. The van der Waals surface area contributed by atoms with Crippen molar-refractivity contribution in [3.05, 3.63) is 74.7 Å². The monoisotopic (exact) mass is 587 g/mol. The molecule has 0 aliphatic rings. The second kappa shape index (κ2) is 11.3. The minimum atomic E-state index is -1.12. The summed E-state index contributed by atoms with van der Waals surface area (Å²) < 4.78 is 28.0. The molecule has 4 aromatic rings. The number of carbonyl (C=O) groups is 2. The fourth-order valence-corrected chi connectivity index (χ4v) is 4.02. The predicted molar refractivity (Wildman–Crippen MR) is 131 cm³/mol. The van der Waals surface area contributed by atoms with Gasteiger partial charge in [0.2, 0.25) is 0 Å². The maximum absolute atomic E-state index is 15.6. The highest BCUT2D eigenvalue weighted by Gasteiger charge is 2.20. The van der Waals surface area contributed by atoms with Crippen LogP contribution in [-0.4, -0.2) is 37.0 Å². The van der Waals surface area contributed by atoms with E-state index in [0.717, 1.165) is 0 Å². The van der Waals surface area contributed by atoms with E-state index in [1.807, 2.05) is 6.07 Å². The number of nitriles is 1. The number of benzene rings is 2. The van der Waals surface area contributed by atoms with Gasteiger partial charge in [0.1, 0.15) is 5.75 Å². The van der Waals surface area contributed by atoms with Crippen LogP contribution >= 0.6 is 27.5 Å². The van der Waals surface area contributed by atoms with E-state index in [1.165, 1.54) is 29.1 Å². The standard InChI is InChI=1S/C24H16BrClFN5O5/c25-18-2-1-14(22(27)23(18)37-16-8-13(11-28)7-15(26)10-16)9-19-17-5-6-29-30-24(17)32(31-19)12-36-21(35)4-3-20(33)34/h1-2,5-8,10H,3-4,9,12H2,(H,33,34). The Labute approximate surface area is 222 Å². The largest absolute Gasteiger partial charge is 0.481 e. The first-order valence-electron chi connectivity index (χ1n) is 10.6. The number of ether oxygens (including phenoxy) is 2. The first-order valence-corrected chi connectivity index (χ1v) is 11.8. The molecule has 0 saturated carbocycles. The number of hydrogen-bond acceptors (Lipinski definition) is 8. The number of nitrogens with zero attached hydrogens (tertiary/aromatic N) is 5. The molecule has 13 heteroatoms. The van der Waals surface area contributed by atoms with Gasteiger partial charge in [0.25, 0.3) is 0 Å². The molecule has 2 aromatic carbocycles. The minimum absolute atomic E-state index is 0.0383. The van der Waals surface area contributed by atoms with E-state index < -0.39 is 17.8 Å². The number of carboxylic acids is 1. The zero-order valence-corrected chi connectivity index (χ0v) is 21.2. The van der Waals surface area contributed by atoms with Crippen LogP contribution in [-0.2, 0) is 27.5 Å². The van der Waals surface area contributed by atoms with Gasteiger partial charge in [-0.1, -0.05) is 17.7 Å². The summed E-state index contributed by atoms with van der Waals surface area (Å²) in [4.78, 5) is 22.5. The zero-order valence-electron chi connectivity index (χ0n) is 18.8. The maximum Gasteiger partial charge on any atom is 0.308 e. The third-order valence-corrected chi connectivity index (χ3v) is 5.94. The molecule has 0 aliphatic heterocycles. The third kappa shape index (κ3) is 6.19. The van der Waals surface area contributed by atoms with Crippen molar-refractivity contribution in [1.82, 2.24) is 20.0 Å². The van der Waals surface area contributed by atoms with Gasteiger partial charge in [-0.3, -0.25) is 9.59 Å². The number of aromatic nitrogens is 4. The first-order chi connectivity index (χ1) is 17.7. The first kappa shape index (κ1) is 26.0. The van der Waals surface area contributed by atoms with Crippen molar-refractivity contribution in [2.24, 2.45) is 0 Å². The SMILES string of the molecule is N#Cc1cc(Cl)cc(Oc2c(Br)ccc(Cc3nn(COC(=O)CCC(=O)O)c4nnccc34)c2F)c1. The Morgan fingerprint density at radius 1 is 1.22 bits per heavy atom. The van der Waals surface area contributed by atoms with Gasteiger partial charge >= 0.3 is 11.9 Å². The zero-order chi connectivity index (χ0) is 26.5. The average Bonchev–Trinajstić information content (AvgIpc) is 3.22. The Morgan fingerprint density at radius 2 is 2.03 bits per heavy atom. The van der Waals surface area contributed by atoms with Crippen LogP contribution < -0.4 is 4.74 Å². The fourth-order valence-electron chi connectivity index (χ4n) is 3.41. The number of halogens is 3. The van der Waals surface area contributed by atoms with Crippen molar-refractivity contribution < 1.29 is 28.6 Å². The molecule has 2 heterocycles. The van der Waals surface area contributed by atoms with Gasteiger partial charge in [-0.05, 0) is 51.8 Å². The number of hydrogen-bond donors (Lipinski definition) is 1. The Bertz CT molecular complexity index is 1550. The van der Waals surface area contributed by atoms with Crippen LogP contribution in [0.1, 0.15) is 29.7 Å². The van der Waals surface area contributed by atoms with Gasteiger partial charge < -0.3 is 14.6 Å². The number of fused-ring (bicyclic) bond motifs is 1. The van der Waals surface area contributed by atoms with Crippen molar-refractivity contribution in [2.45, 2.75) is 26.0 Å². The fraction of sp³-hybridized carbons (Fsp3) is 0.167. The molecule has 0 amide bonds. The van der Waals surface area contributed by atoms with Crippen LogP contribution in [0.4, 0.5) is 4.39 Å². The summed E-state index contributed by atoms with van der Waals surface area (Å²) in [5.41, 5.74) is 1.26. The molecule has 0 unspecified atom stereocenters. The van der Waals surface area contributed by atoms with E-state index in [9.17, 15) is 9.59 Å². The Kier molecular flexibility index (Phi) is 7.95. The summed E-state index contributed by atoms with van der Waals surface area (Å²) in [6, 6.07) is 11.2. The Morgan fingerprint density at radius 3 is 2.78 bits per heavy atom. The van der Waals surface area contributed by atoms with Crippen molar-refractivity contribution >= 4 is 50.5 Å². The molecule has 0 radical (unpaired) electrons. The van der Waals surface area contributed by atoms with Gasteiger partial charge in [-0.2, -0.15) is 15.5 Å². The normalized spacial score (nSPS) is 10.8. The Hall–Kier alpha value is -4.08. The van der Waals surface area contributed by atoms with Crippen molar-refractivity contribution in [3.63, 3.8) is 0 Å². The highest BCUT2D eigenvalue weighted by Crippen LogP contribution is 2.36. The van der Waals surface area contributed by atoms with Crippen LogP contribution in [0.5, 0.6) is 11.5 Å². The highest BCUT2D eigenvalue weighted by molar-refractivity contribution is 9.10. The van der Waals surface area contributed by atoms with Crippen LogP contribution in [0.2, 0.25) is 5.02 Å². The molecule has 37 heavy (non-hydrogen) atoms. The average molecular weight is 589 g/mol. The van der Waals surface area contributed by atoms with Crippen molar-refractivity contribution in [3.8, 4) is 17.6 Å². The lowest BCUT2D eigenvalue weighted by atomic mass is 10.1. The molecule has 4 rings (SSSR count). The molecule has 0 fully saturated rings. The van der Waals surface area contributed by atoms with Gasteiger partial charge in [-0.15, -0.1) is 5.10 Å². The lowest BCUT2D eigenvalue weighted by molar-refractivity contribution is -0.150. The van der Waals surface area contributed by atoms with E-state index in [-0.39, 0.29) is 53.6 Å². The second-order valence-electron chi connectivity index (χ2n) is 7.67. The summed E-state index contributed by atoms with van der Waals surface area (Å²) in [5, 5.41) is 31.0. The summed E-state index contributed by atoms with van der Waals surface area (Å²) >= 11 is 9.32. The minimum Gasteiger partial charge on any atom is -0.481 e. The maximum atomic E-state index is 15.6. The van der Waals surface area contributed by atoms with E-state index in [1.54, 1.807) is 18.2 Å². The van der Waals surface area contributed by atoms with Crippen LogP contribution in [0.3, 0.4) is 0 Å². The van der Waals surface area contributed by atoms with Crippen LogP contribution in [0.15, 0.2) is 47.1 Å². The third-order valence-electron chi connectivity index (χ3n) is 5.10. The molecule has 0 bridgehead atoms. The summed E-state index contributed by atoms with van der Waals surface area (Å²) in [7, 11) is 0. The second-order valence-corrected chi connectivity index (χ2v) is 8.96. The van der Waals surface area contributed by atoms with E-state index in [0.29, 0.717) is 21.2 Å². The summed E-state index contributed by atoms with van der Waals surface area (Å²) in [6.07, 6.45) is 0.845. The topological polar surface area (TPSA) is 140 Å². The van der Waals surface area contributed by atoms with E-state index in [4.69, 9.17) is 31.4 Å². The summed E-state index contributed by atoms with van der Waals surface area (Å²) in [5.74, 6) is -2.39. The number of rotatable bonds is 9. The van der Waals surface area contributed by atoms with Gasteiger partial charge in [-0.25, -0.2) is 9.07 Å². The smallest absolute Gasteiger partial charge is 0.308 e. The van der Waals surface area contributed by atoms with E-state index in [2.05, 4.69) is 31.2 Å². The summed E-state index contributed by atoms with van der Waals surface area (Å²) in [6.45, 7) is -0.319. The molecule has 1 N–H and O–H groups in total. The van der Waals surface area contributed by atoms with Crippen molar-refractivity contribution in [2.75, 3.05) is 0 Å².